The molecular formula is C13H22BrNO2. The SMILES string of the molecule is C=CCN(CC1(C)CC1Br)C(=O)OC(C)(C)C. The third kappa shape index (κ3) is 4.34. The predicted molar refractivity (Wildman–Crippen MR) is 73.4 cm³/mol. The Morgan fingerprint density at radius 2 is 2.18 bits per heavy atom. The van der Waals surface area contributed by atoms with E-state index in [-0.39, 0.29) is 11.5 Å². The number of amides is 1. The van der Waals surface area contributed by atoms with E-state index in [1.54, 1.807) is 11.0 Å². The molecule has 0 radical (unpaired) electrons. The molecular weight excluding hydrogens is 282 g/mol. The van der Waals surface area contributed by atoms with E-state index in [0.717, 1.165) is 6.42 Å². The molecule has 0 saturated heterocycles. The average molecular weight is 304 g/mol. The molecule has 0 N–H and O–H groups in total. The highest BCUT2D eigenvalue weighted by molar-refractivity contribution is 9.09. The van der Waals surface area contributed by atoms with Gasteiger partial charge in [-0.3, -0.25) is 0 Å². The minimum Gasteiger partial charge on any atom is -0.444 e. The van der Waals surface area contributed by atoms with Gasteiger partial charge in [-0.15, -0.1) is 6.58 Å². The molecule has 1 aliphatic rings. The van der Waals surface area contributed by atoms with Gasteiger partial charge in [0.25, 0.3) is 0 Å². The molecule has 2 unspecified atom stereocenters. The van der Waals surface area contributed by atoms with Gasteiger partial charge in [0.1, 0.15) is 5.60 Å². The fourth-order valence-corrected chi connectivity index (χ4v) is 2.52. The molecule has 0 aromatic rings. The van der Waals surface area contributed by atoms with Crippen LogP contribution in [0.3, 0.4) is 0 Å². The monoisotopic (exact) mass is 303 g/mol. The summed E-state index contributed by atoms with van der Waals surface area (Å²) in [5.74, 6) is 0. The van der Waals surface area contributed by atoms with Gasteiger partial charge in [0, 0.05) is 17.9 Å². The highest BCUT2D eigenvalue weighted by Gasteiger charge is 2.50. The van der Waals surface area contributed by atoms with Gasteiger partial charge in [-0.25, -0.2) is 4.79 Å². The molecule has 4 heteroatoms. The summed E-state index contributed by atoms with van der Waals surface area (Å²) in [6.07, 6.45) is 2.58. The van der Waals surface area contributed by atoms with Crippen LogP contribution in [-0.2, 0) is 4.74 Å². The lowest BCUT2D eigenvalue weighted by atomic mass is 10.1. The van der Waals surface area contributed by atoms with E-state index in [1.165, 1.54) is 0 Å². The van der Waals surface area contributed by atoms with E-state index < -0.39 is 5.60 Å². The molecule has 3 nitrogen and oxygen atoms in total. The first-order valence-electron chi connectivity index (χ1n) is 5.91. The number of hydrogen-bond donors (Lipinski definition) is 0. The smallest absolute Gasteiger partial charge is 0.410 e. The van der Waals surface area contributed by atoms with Crippen LogP contribution >= 0.6 is 15.9 Å². The Kier molecular flexibility index (Phi) is 4.28. The van der Waals surface area contributed by atoms with Crippen molar-refractivity contribution in [1.29, 1.82) is 0 Å². The number of halogens is 1. The zero-order valence-electron chi connectivity index (χ0n) is 11.1. The molecule has 0 aromatic carbocycles. The minimum absolute atomic E-state index is 0.180. The summed E-state index contributed by atoms with van der Waals surface area (Å²) in [4.78, 5) is 14.2. The quantitative estimate of drug-likeness (QED) is 0.587. The van der Waals surface area contributed by atoms with Crippen molar-refractivity contribution in [3.05, 3.63) is 12.7 Å². The van der Waals surface area contributed by atoms with Crippen molar-refractivity contribution in [1.82, 2.24) is 4.90 Å². The van der Waals surface area contributed by atoms with E-state index in [2.05, 4.69) is 29.4 Å². The Hall–Kier alpha value is -0.510. The van der Waals surface area contributed by atoms with Crippen LogP contribution in [0.2, 0.25) is 0 Å². The van der Waals surface area contributed by atoms with Gasteiger partial charge in [-0.1, -0.05) is 28.9 Å². The van der Waals surface area contributed by atoms with Crippen molar-refractivity contribution in [3.63, 3.8) is 0 Å². The molecule has 0 aromatic heterocycles. The van der Waals surface area contributed by atoms with E-state index in [1.807, 2.05) is 20.8 Å². The van der Waals surface area contributed by atoms with Gasteiger partial charge in [0.05, 0.1) is 0 Å². The number of ether oxygens (including phenoxy) is 1. The summed E-state index contributed by atoms with van der Waals surface area (Å²) in [6.45, 7) is 12.7. The summed E-state index contributed by atoms with van der Waals surface area (Å²) < 4.78 is 5.39. The molecule has 0 bridgehead atoms. The summed E-state index contributed by atoms with van der Waals surface area (Å²) in [6, 6.07) is 0. The number of carbonyl (C=O) groups is 1. The van der Waals surface area contributed by atoms with Crippen LogP contribution in [0.4, 0.5) is 4.79 Å². The zero-order valence-corrected chi connectivity index (χ0v) is 12.7. The van der Waals surface area contributed by atoms with Crippen molar-refractivity contribution in [2.75, 3.05) is 13.1 Å². The number of hydrogen-bond acceptors (Lipinski definition) is 2. The number of rotatable bonds is 4. The van der Waals surface area contributed by atoms with Gasteiger partial charge < -0.3 is 9.64 Å². The van der Waals surface area contributed by atoms with Gasteiger partial charge in [0.2, 0.25) is 0 Å². The molecule has 1 fully saturated rings. The molecule has 98 valence electrons. The molecule has 1 saturated carbocycles. The normalized spacial score (nSPS) is 27.5. The largest absolute Gasteiger partial charge is 0.444 e. The first-order chi connectivity index (χ1) is 7.68. The van der Waals surface area contributed by atoms with Crippen LogP contribution in [0, 0.1) is 5.41 Å². The van der Waals surface area contributed by atoms with Crippen LogP contribution in [0.15, 0.2) is 12.7 Å². The third-order valence-electron chi connectivity index (χ3n) is 2.79. The second-order valence-corrected chi connectivity index (χ2v) is 7.08. The molecule has 0 spiro atoms. The van der Waals surface area contributed by atoms with E-state index >= 15 is 0 Å². The van der Waals surface area contributed by atoms with Crippen molar-refractivity contribution in [3.8, 4) is 0 Å². The fourth-order valence-electron chi connectivity index (χ4n) is 1.64. The third-order valence-corrected chi connectivity index (χ3v) is 4.22. The lowest BCUT2D eigenvalue weighted by Gasteiger charge is -2.28. The Bertz CT molecular complexity index is 311. The second kappa shape index (κ2) is 5.01. The maximum absolute atomic E-state index is 12.0. The van der Waals surface area contributed by atoms with E-state index in [4.69, 9.17) is 4.74 Å². The molecule has 0 heterocycles. The topological polar surface area (TPSA) is 29.5 Å². The van der Waals surface area contributed by atoms with Gasteiger partial charge in [-0.2, -0.15) is 0 Å². The first-order valence-corrected chi connectivity index (χ1v) is 6.82. The summed E-state index contributed by atoms with van der Waals surface area (Å²) in [5, 5.41) is 0. The number of carbonyl (C=O) groups excluding carboxylic acids is 1. The molecule has 1 amide bonds. The Labute approximate surface area is 112 Å². The van der Waals surface area contributed by atoms with Crippen LogP contribution < -0.4 is 0 Å². The lowest BCUT2D eigenvalue weighted by Crippen LogP contribution is -2.40. The second-order valence-electron chi connectivity index (χ2n) is 5.98. The van der Waals surface area contributed by atoms with Crippen LogP contribution in [0.25, 0.3) is 0 Å². The summed E-state index contributed by atoms with van der Waals surface area (Å²) in [7, 11) is 0. The Morgan fingerprint density at radius 1 is 1.65 bits per heavy atom. The zero-order chi connectivity index (χ0) is 13.3. The fraction of sp³-hybridized carbons (Fsp3) is 0.769. The maximum atomic E-state index is 12.0. The summed E-state index contributed by atoms with van der Waals surface area (Å²) >= 11 is 3.59. The standard InChI is InChI=1S/C13H22BrNO2/c1-6-7-15(9-13(5)8-10(13)14)11(16)17-12(2,3)4/h6,10H,1,7-9H2,2-5H3. The van der Waals surface area contributed by atoms with Gasteiger partial charge in [-0.05, 0) is 32.6 Å². The van der Waals surface area contributed by atoms with Crippen molar-refractivity contribution in [2.24, 2.45) is 5.41 Å². The highest BCUT2D eigenvalue weighted by Crippen LogP contribution is 2.51. The Balaban J connectivity index is 2.59. The van der Waals surface area contributed by atoms with Gasteiger partial charge in [0.15, 0.2) is 0 Å². The molecule has 17 heavy (non-hydrogen) atoms. The van der Waals surface area contributed by atoms with E-state index in [0.29, 0.717) is 17.9 Å². The lowest BCUT2D eigenvalue weighted by molar-refractivity contribution is 0.0240. The predicted octanol–water partition coefficient (Wildman–Crippen LogP) is 3.58. The highest BCUT2D eigenvalue weighted by atomic mass is 79.9. The van der Waals surface area contributed by atoms with Crippen LogP contribution in [0.5, 0.6) is 0 Å². The van der Waals surface area contributed by atoms with Crippen LogP contribution in [-0.4, -0.2) is 34.5 Å². The molecule has 0 aliphatic heterocycles. The van der Waals surface area contributed by atoms with E-state index in [9.17, 15) is 4.79 Å². The van der Waals surface area contributed by atoms with Crippen molar-refractivity contribution >= 4 is 22.0 Å². The van der Waals surface area contributed by atoms with Crippen molar-refractivity contribution in [2.45, 2.75) is 44.5 Å². The molecule has 1 rings (SSSR count). The van der Waals surface area contributed by atoms with Gasteiger partial charge >= 0.3 is 6.09 Å². The Morgan fingerprint density at radius 3 is 2.53 bits per heavy atom. The number of alkyl halides is 1. The first kappa shape index (κ1) is 14.6. The molecule has 2 atom stereocenters. The van der Waals surface area contributed by atoms with Crippen molar-refractivity contribution < 1.29 is 9.53 Å². The average Bonchev–Trinajstić information content (AvgIpc) is 2.70. The van der Waals surface area contributed by atoms with Crippen LogP contribution in [0.1, 0.15) is 34.1 Å². The molecule has 1 aliphatic carbocycles. The minimum atomic E-state index is -0.450. The maximum Gasteiger partial charge on any atom is 0.410 e. The summed E-state index contributed by atoms with van der Waals surface area (Å²) in [5.41, 5.74) is -0.269. The number of nitrogens with zero attached hydrogens (tertiary/aromatic N) is 1.